The van der Waals surface area contributed by atoms with E-state index in [1.54, 1.807) is 0 Å². The van der Waals surface area contributed by atoms with Gasteiger partial charge in [0.05, 0.1) is 18.9 Å². The molecule has 7 nitrogen and oxygen atoms in total. The number of hydrogen-bond donors (Lipinski definition) is 2. The molecule has 7 heteroatoms. The third kappa shape index (κ3) is 4.89. The molecule has 1 fully saturated rings. The topological polar surface area (TPSA) is 87.3 Å². The Labute approximate surface area is 149 Å². The summed E-state index contributed by atoms with van der Waals surface area (Å²) >= 11 is 0. The highest BCUT2D eigenvalue weighted by Gasteiger charge is 2.29. The zero-order valence-corrected chi connectivity index (χ0v) is 15.6. The van der Waals surface area contributed by atoms with Crippen LogP contribution in [0.1, 0.15) is 50.4 Å². The van der Waals surface area contributed by atoms with Gasteiger partial charge in [-0.05, 0) is 31.4 Å². The number of carbonyl (C=O) groups is 1. The number of nitrogens with zero attached hydrogens (tertiary/aromatic N) is 2. The van der Waals surface area contributed by atoms with Gasteiger partial charge in [0.2, 0.25) is 5.91 Å². The van der Waals surface area contributed by atoms with Gasteiger partial charge in [-0.15, -0.1) is 0 Å². The van der Waals surface area contributed by atoms with Crippen molar-refractivity contribution in [3.8, 4) is 0 Å². The second-order valence-electron chi connectivity index (χ2n) is 6.36. The molecule has 0 aromatic carbocycles. The van der Waals surface area contributed by atoms with Crippen molar-refractivity contribution in [2.45, 2.75) is 59.0 Å². The van der Waals surface area contributed by atoms with Gasteiger partial charge in [-0.2, -0.15) is 5.10 Å². The number of ether oxygens (including phenoxy) is 1. The van der Waals surface area contributed by atoms with Gasteiger partial charge in [0.25, 0.3) is 5.56 Å². The summed E-state index contributed by atoms with van der Waals surface area (Å²) in [5.74, 6) is -0.0767. The summed E-state index contributed by atoms with van der Waals surface area (Å²) in [7, 11) is 0. The third-order valence-electron chi connectivity index (χ3n) is 4.75. The Morgan fingerprint density at radius 3 is 2.80 bits per heavy atom. The van der Waals surface area contributed by atoms with Crippen molar-refractivity contribution in [2.75, 3.05) is 26.3 Å². The normalized spacial score (nSPS) is 18.3. The molecular weight excluding hydrogens is 320 g/mol. The van der Waals surface area contributed by atoms with E-state index in [9.17, 15) is 9.59 Å². The molecule has 1 amide bonds. The van der Waals surface area contributed by atoms with E-state index < -0.39 is 0 Å². The van der Waals surface area contributed by atoms with E-state index in [4.69, 9.17) is 4.74 Å². The molecule has 1 aromatic rings. The summed E-state index contributed by atoms with van der Waals surface area (Å²) in [6, 6.07) is -0.281. The molecule has 1 aromatic heterocycles. The van der Waals surface area contributed by atoms with Crippen LogP contribution in [0.3, 0.4) is 0 Å². The van der Waals surface area contributed by atoms with Gasteiger partial charge in [0.1, 0.15) is 6.04 Å². The van der Waals surface area contributed by atoms with E-state index in [-0.39, 0.29) is 24.1 Å². The predicted molar refractivity (Wildman–Crippen MR) is 96.5 cm³/mol. The minimum Gasteiger partial charge on any atom is -0.378 e. The number of aromatic nitrogens is 2. The number of amides is 1. The number of carbonyl (C=O) groups excluding carboxylic acids is 1. The molecule has 0 aliphatic carbocycles. The van der Waals surface area contributed by atoms with Crippen LogP contribution < -0.4 is 10.9 Å². The quantitative estimate of drug-likeness (QED) is 0.731. The van der Waals surface area contributed by atoms with E-state index >= 15 is 0 Å². The first-order valence-corrected chi connectivity index (χ1v) is 9.31. The lowest BCUT2D eigenvalue weighted by molar-refractivity contribution is -0.132. The van der Waals surface area contributed by atoms with Crippen molar-refractivity contribution >= 4 is 5.91 Å². The number of unbranched alkanes of at least 4 members (excludes halogenated alkanes) is 1. The molecular formula is C18H30N4O3. The maximum Gasteiger partial charge on any atom is 0.269 e. The summed E-state index contributed by atoms with van der Waals surface area (Å²) in [6.45, 7) is 9.12. The van der Waals surface area contributed by atoms with Gasteiger partial charge in [-0.25, -0.2) is 5.10 Å². The Morgan fingerprint density at radius 1 is 1.32 bits per heavy atom. The first-order valence-electron chi connectivity index (χ1n) is 9.31. The highest BCUT2D eigenvalue weighted by Crippen LogP contribution is 2.12. The molecule has 0 saturated carbocycles. The van der Waals surface area contributed by atoms with Crippen LogP contribution in [0.25, 0.3) is 0 Å². The Balaban J connectivity index is 2.07. The number of hydrogen-bond acceptors (Lipinski definition) is 5. The molecule has 25 heavy (non-hydrogen) atoms. The molecule has 1 atom stereocenters. The van der Waals surface area contributed by atoms with Crippen LogP contribution in [0.15, 0.2) is 4.79 Å². The lowest BCUT2D eigenvalue weighted by atomic mass is 10.0. The summed E-state index contributed by atoms with van der Waals surface area (Å²) in [5, 5.41) is 9.59. The Kier molecular flexibility index (Phi) is 7.58. The summed E-state index contributed by atoms with van der Waals surface area (Å²) in [5.41, 5.74) is 2.21. The number of aromatic amines is 1. The monoisotopic (exact) mass is 350 g/mol. The molecule has 1 saturated heterocycles. The molecule has 0 radical (unpaired) electrons. The summed E-state index contributed by atoms with van der Waals surface area (Å²) in [6.07, 6.45) is 3.63. The van der Waals surface area contributed by atoms with Crippen LogP contribution in [0.5, 0.6) is 0 Å². The van der Waals surface area contributed by atoms with Crippen LogP contribution in [0.2, 0.25) is 0 Å². The van der Waals surface area contributed by atoms with Crippen LogP contribution in [0.4, 0.5) is 0 Å². The fourth-order valence-corrected chi connectivity index (χ4v) is 3.26. The van der Waals surface area contributed by atoms with Gasteiger partial charge < -0.3 is 10.1 Å². The van der Waals surface area contributed by atoms with Gasteiger partial charge in [-0.1, -0.05) is 27.2 Å². The molecule has 1 aliphatic rings. The van der Waals surface area contributed by atoms with Crippen molar-refractivity contribution in [2.24, 2.45) is 0 Å². The Morgan fingerprint density at radius 2 is 2.12 bits per heavy atom. The van der Waals surface area contributed by atoms with Crippen LogP contribution >= 0.6 is 0 Å². The van der Waals surface area contributed by atoms with E-state index in [1.165, 1.54) is 0 Å². The van der Waals surface area contributed by atoms with Crippen molar-refractivity contribution in [1.82, 2.24) is 20.4 Å². The number of rotatable bonds is 8. The van der Waals surface area contributed by atoms with Crippen molar-refractivity contribution in [3.05, 3.63) is 27.2 Å². The third-order valence-corrected chi connectivity index (χ3v) is 4.75. The zero-order valence-electron chi connectivity index (χ0n) is 15.6. The van der Waals surface area contributed by atoms with Gasteiger partial charge in [0.15, 0.2) is 0 Å². The molecule has 1 aliphatic heterocycles. The van der Waals surface area contributed by atoms with Crippen molar-refractivity contribution in [3.63, 3.8) is 0 Å². The molecule has 140 valence electrons. The second kappa shape index (κ2) is 9.68. The first-order chi connectivity index (χ1) is 12.1. The van der Waals surface area contributed by atoms with E-state index in [1.807, 2.05) is 13.8 Å². The lowest BCUT2D eigenvalue weighted by Gasteiger charge is -2.34. The van der Waals surface area contributed by atoms with E-state index in [0.29, 0.717) is 18.8 Å². The van der Waals surface area contributed by atoms with Crippen molar-refractivity contribution < 1.29 is 9.53 Å². The lowest BCUT2D eigenvalue weighted by Crippen LogP contribution is -2.54. The summed E-state index contributed by atoms with van der Waals surface area (Å²) in [4.78, 5) is 27.0. The SMILES string of the molecule is CCCCN1CCOCC1C(=O)NCc1c(CC)c(CC)n[nH]c1=O. The maximum absolute atomic E-state index is 12.6. The number of aryl methyl sites for hydroxylation is 1. The number of nitrogens with one attached hydrogen (secondary N) is 2. The molecule has 2 rings (SSSR count). The standard InChI is InChI=1S/C18H30N4O3/c1-4-7-8-22-9-10-25-12-16(22)18(24)19-11-14-13(5-2)15(6-3)20-21-17(14)23/h16H,4-12H2,1-3H3,(H,19,24)(H,21,23). The molecule has 0 bridgehead atoms. The van der Waals surface area contributed by atoms with E-state index in [0.717, 1.165) is 50.0 Å². The Bertz CT molecular complexity index is 629. The minimum absolute atomic E-state index is 0.0767. The van der Waals surface area contributed by atoms with Crippen molar-refractivity contribution in [1.29, 1.82) is 0 Å². The predicted octanol–water partition coefficient (Wildman–Crippen LogP) is 1.01. The molecule has 1 unspecified atom stereocenters. The fraction of sp³-hybridized carbons (Fsp3) is 0.722. The molecule has 2 N–H and O–H groups in total. The van der Waals surface area contributed by atoms with Gasteiger partial charge >= 0.3 is 0 Å². The molecule has 0 spiro atoms. The van der Waals surface area contributed by atoms with Crippen LogP contribution in [-0.4, -0.2) is 53.3 Å². The molecule has 2 heterocycles. The van der Waals surface area contributed by atoms with Crippen LogP contribution in [0, 0.1) is 0 Å². The number of H-pyrrole nitrogens is 1. The largest absolute Gasteiger partial charge is 0.378 e. The van der Waals surface area contributed by atoms with Crippen LogP contribution in [-0.2, 0) is 28.9 Å². The first kappa shape index (κ1) is 19.6. The van der Waals surface area contributed by atoms with Gasteiger partial charge in [0, 0.05) is 18.7 Å². The summed E-state index contributed by atoms with van der Waals surface area (Å²) < 4.78 is 5.49. The number of morpholine rings is 1. The van der Waals surface area contributed by atoms with Gasteiger partial charge in [-0.3, -0.25) is 14.5 Å². The zero-order chi connectivity index (χ0) is 18.2. The fourth-order valence-electron chi connectivity index (χ4n) is 3.26. The maximum atomic E-state index is 12.6. The highest BCUT2D eigenvalue weighted by molar-refractivity contribution is 5.82. The minimum atomic E-state index is -0.281. The Hall–Kier alpha value is -1.73. The average Bonchev–Trinajstić information content (AvgIpc) is 2.64. The average molecular weight is 350 g/mol. The highest BCUT2D eigenvalue weighted by atomic mass is 16.5. The smallest absolute Gasteiger partial charge is 0.269 e. The van der Waals surface area contributed by atoms with E-state index in [2.05, 4.69) is 27.3 Å². The second-order valence-corrected chi connectivity index (χ2v) is 6.36.